The van der Waals surface area contributed by atoms with Gasteiger partial charge in [-0.15, -0.1) is 0 Å². The van der Waals surface area contributed by atoms with Crippen molar-refractivity contribution in [2.45, 2.75) is 45.6 Å². The standard InChI is InChI=1S/C14H22ClN/c1-3-4-5-6-11-16-12(2)13-7-9-14(15)10-8-13/h7-10,12,16H,3-6,11H2,1-2H3. The van der Waals surface area contributed by atoms with E-state index in [9.17, 15) is 0 Å². The maximum Gasteiger partial charge on any atom is 0.0406 e. The highest BCUT2D eigenvalue weighted by Gasteiger charge is 2.03. The molecule has 1 aromatic carbocycles. The van der Waals surface area contributed by atoms with Gasteiger partial charge in [0.1, 0.15) is 0 Å². The van der Waals surface area contributed by atoms with Crippen molar-refractivity contribution in [2.75, 3.05) is 6.54 Å². The molecule has 0 radical (unpaired) electrons. The van der Waals surface area contributed by atoms with Crippen molar-refractivity contribution in [3.05, 3.63) is 34.9 Å². The molecular formula is C14H22ClN. The molecule has 0 aliphatic rings. The first kappa shape index (κ1) is 13.5. The van der Waals surface area contributed by atoms with Crippen LogP contribution in [-0.4, -0.2) is 6.54 Å². The largest absolute Gasteiger partial charge is 0.310 e. The van der Waals surface area contributed by atoms with E-state index in [0.717, 1.165) is 11.6 Å². The van der Waals surface area contributed by atoms with Crippen LogP contribution in [0.3, 0.4) is 0 Å². The van der Waals surface area contributed by atoms with Gasteiger partial charge >= 0.3 is 0 Å². The van der Waals surface area contributed by atoms with Gasteiger partial charge in [0.25, 0.3) is 0 Å². The third-order valence-corrected chi connectivity index (χ3v) is 3.10. The van der Waals surface area contributed by atoms with Gasteiger partial charge < -0.3 is 5.32 Å². The third kappa shape index (κ3) is 5.00. The lowest BCUT2D eigenvalue weighted by molar-refractivity contribution is 0.536. The molecule has 0 amide bonds. The van der Waals surface area contributed by atoms with Gasteiger partial charge in [-0.25, -0.2) is 0 Å². The Kier molecular flexibility index (Phi) is 6.51. The Morgan fingerprint density at radius 1 is 1.12 bits per heavy atom. The molecule has 0 aliphatic heterocycles. The molecule has 0 aliphatic carbocycles. The van der Waals surface area contributed by atoms with Crippen molar-refractivity contribution in [3.8, 4) is 0 Å². The maximum atomic E-state index is 5.86. The number of nitrogens with one attached hydrogen (secondary N) is 1. The van der Waals surface area contributed by atoms with Crippen LogP contribution in [0.2, 0.25) is 5.02 Å². The van der Waals surface area contributed by atoms with Crippen LogP contribution in [0.4, 0.5) is 0 Å². The van der Waals surface area contributed by atoms with Gasteiger partial charge in [-0.05, 0) is 37.6 Å². The Balaban J connectivity index is 2.24. The van der Waals surface area contributed by atoms with E-state index in [1.807, 2.05) is 12.1 Å². The Bertz CT molecular complexity index is 281. The number of hydrogen-bond donors (Lipinski definition) is 1. The fourth-order valence-electron chi connectivity index (χ4n) is 1.74. The van der Waals surface area contributed by atoms with Crippen LogP contribution < -0.4 is 5.32 Å². The van der Waals surface area contributed by atoms with E-state index in [2.05, 4.69) is 31.3 Å². The molecule has 0 spiro atoms. The first-order valence-electron chi connectivity index (χ1n) is 6.23. The number of rotatable bonds is 7. The number of unbranched alkanes of at least 4 members (excludes halogenated alkanes) is 3. The highest BCUT2D eigenvalue weighted by Crippen LogP contribution is 2.15. The summed E-state index contributed by atoms with van der Waals surface area (Å²) in [6.45, 7) is 5.54. The van der Waals surface area contributed by atoms with Crippen molar-refractivity contribution < 1.29 is 0 Å². The van der Waals surface area contributed by atoms with Crippen LogP contribution in [0.5, 0.6) is 0 Å². The quantitative estimate of drug-likeness (QED) is 0.688. The van der Waals surface area contributed by atoms with Crippen molar-refractivity contribution >= 4 is 11.6 Å². The van der Waals surface area contributed by atoms with Crippen LogP contribution in [0.25, 0.3) is 0 Å². The van der Waals surface area contributed by atoms with Gasteiger partial charge in [-0.1, -0.05) is 49.9 Å². The fraction of sp³-hybridized carbons (Fsp3) is 0.571. The molecule has 1 aromatic rings. The molecule has 1 unspecified atom stereocenters. The van der Waals surface area contributed by atoms with E-state index in [4.69, 9.17) is 11.6 Å². The number of hydrogen-bond acceptors (Lipinski definition) is 1. The van der Waals surface area contributed by atoms with Gasteiger partial charge in [0.05, 0.1) is 0 Å². The monoisotopic (exact) mass is 239 g/mol. The van der Waals surface area contributed by atoms with Gasteiger partial charge in [0.2, 0.25) is 0 Å². The first-order chi connectivity index (χ1) is 7.74. The normalized spacial score (nSPS) is 12.7. The van der Waals surface area contributed by atoms with Crippen LogP contribution in [0, 0.1) is 0 Å². The van der Waals surface area contributed by atoms with Crippen LogP contribution in [0.15, 0.2) is 24.3 Å². The molecule has 90 valence electrons. The topological polar surface area (TPSA) is 12.0 Å². The predicted molar refractivity (Wildman–Crippen MR) is 72.0 cm³/mol. The van der Waals surface area contributed by atoms with Crippen LogP contribution in [0.1, 0.15) is 51.1 Å². The SMILES string of the molecule is CCCCCCNC(C)c1ccc(Cl)cc1. The van der Waals surface area contributed by atoms with Gasteiger partial charge in [-0.2, -0.15) is 0 Å². The summed E-state index contributed by atoms with van der Waals surface area (Å²) in [6, 6.07) is 8.50. The molecule has 0 saturated heterocycles. The third-order valence-electron chi connectivity index (χ3n) is 2.85. The molecule has 1 rings (SSSR count). The van der Waals surface area contributed by atoms with Gasteiger partial charge in [0.15, 0.2) is 0 Å². The van der Waals surface area contributed by atoms with Crippen molar-refractivity contribution in [3.63, 3.8) is 0 Å². The highest BCUT2D eigenvalue weighted by atomic mass is 35.5. The second kappa shape index (κ2) is 7.70. The Morgan fingerprint density at radius 3 is 2.44 bits per heavy atom. The highest BCUT2D eigenvalue weighted by molar-refractivity contribution is 6.30. The molecule has 0 fully saturated rings. The van der Waals surface area contributed by atoms with E-state index < -0.39 is 0 Å². The molecule has 2 heteroatoms. The Hall–Kier alpha value is -0.530. The van der Waals surface area contributed by atoms with Crippen molar-refractivity contribution in [1.82, 2.24) is 5.32 Å². The summed E-state index contributed by atoms with van der Waals surface area (Å²) in [5.74, 6) is 0. The summed E-state index contributed by atoms with van der Waals surface area (Å²) in [7, 11) is 0. The average Bonchev–Trinajstić information content (AvgIpc) is 2.29. The summed E-state index contributed by atoms with van der Waals surface area (Å²) >= 11 is 5.86. The Labute approximate surface area is 104 Å². The second-order valence-corrected chi connectivity index (χ2v) is 4.72. The molecule has 0 bridgehead atoms. The number of benzene rings is 1. The smallest absolute Gasteiger partial charge is 0.0406 e. The Morgan fingerprint density at radius 2 is 1.81 bits per heavy atom. The molecule has 16 heavy (non-hydrogen) atoms. The fourth-order valence-corrected chi connectivity index (χ4v) is 1.87. The minimum atomic E-state index is 0.416. The predicted octanol–water partition coefficient (Wildman–Crippen LogP) is 4.57. The minimum Gasteiger partial charge on any atom is -0.310 e. The molecular weight excluding hydrogens is 218 g/mol. The lowest BCUT2D eigenvalue weighted by atomic mass is 10.1. The maximum absolute atomic E-state index is 5.86. The summed E-state index contributed by atoms with van der Waals surface area (Å²) < 4.78 is 0. The zero-order valence-electron chi connectivity index (χ0n) is 10.3. The lowest BCUT2D eigenvalue weighted by Crippen LogP contribution is -2.19. The first-order valence-corrected chi connectivity index (χ1v) is 6.60. The molecule has 0 aromatic heterocycles. The second-order valence-electron chi connectivity index (χ2n) is 4.29. The lowest BCUT2D eigenvalue weighted by Gasteiger charge is -2.14. The van der Waals surface area contributed by atoms with Crippen LogP contribution in [-0.2, 0) is 0 Å². The van der Waals surface area contributed by atoms with E-state index >= 15 is 0 Å². The van der Waals surface area contributed by atoms with Crippen LogP contribution >= 0.6 is 11.6 Å². The minimum absolute atomic E-state index is 0.416. The van der Waals surface area contributed by atoms with E-state index in [0.29, 0.717) is 6.04 Å². The summed E-state index contributed by atoms with van der Waals surface area (Å²) in [5, 5.41) is 4.34. The molecule has 1 atom stereocenters. The zero-order chi connectivity index (χ0) is 11.8. The summed E-state index contributed by atoms with van der Waals surface area (Å²) in [5.41, 5.74) is 1.31. The molecule has 1 N–H and O–H groups in total. The van der Waals surface area contributed by atoms with E-state index in [-0.39, 0.29) is 0 Å². The molecule has 0 saturated carbocycles. The zero-order valence-corrected chi connectivity index (χ0v) is 11.1. The summed E-state index contributed by atoms with van der Waals surface area (Å²) in [6.07, 6.45) is 5.24. The van der Waals surface area contributed by atoms with Gasteiger partial charge in [0, 0.05) is 11.1 Å². The number of halogens is 1. The molecule has 0 heterocycles. The van der Waals surface area contributed by atoms with Crippen molar-refractivity contribution in [2.24, 2.45) is 0 Å². The van der Waals surface area contributed by atoms with Gasteiger partial charge in [-0.3, -0.25) is 0 Å². The average molecular weight is 240 g/mol. The van der Waals surface area contributed by atoms with Crippen molar-refractivity contribution in [1.29, 1.82) is 0 Å². The van der Waals surface area contributed by atoms with E-state index in [1.165, 1.54) is 31.2 Å². The van der Waals surface area contributed by atoms with E-state index in [1.54, 1.807) is 0 Å². The summed E-state index contributed by atoms with van der Waals surface area (Å²) in [4.78, 5) is 0. The molecule has 1 nitrogen and oxygen atoms in total.